The highest BCUT2D eigenvalue weighted by Crippen LogP contribution is 2.10. The van der Waals surface area contributed by atoms with Gasteiger partial charge >= 0.3 is 0 Å². The molecule has 0 spiro atoms. The minimum absolute atomic E-state index is 0.148. The summed E-state index contributed by atoms with van der Waals surface area (Å²) in [4.78, 5) is 2.15. The van der Waals surface area contributed by atoms with Crippen molar-refractivity contribution in [1.82, 2.24) is 9.21 Å². The Labute approximate surface area is 91.7 Å². The van der Waals surface area contributed by atoms with Gasteiger partial charge in [-0.2, -0.15) is 4.31 Å². The lowest BCUT2D eigenvalue weighted by Gasteiger charge is -2.37. The van der Waals surface area contributed by atoms with Crippen molar-refractivity contribution in [2.24, 2.45) is 0 Å². The fourth-order valence-corrected chi connectivity index (χ4v) is 2.73. The summed E-state index contributed by atoms with van der Waals surface area (Å²) in [5.41, 5.74) is 0. The first-order chi connectivity index (χ1) is 6.99. The van der Waals surface area contributed by atoms with Crippen LogP contribution in [0.4, 0.5) is 0 Å². The molecule has 0 amide bonds. The standard InChI is InChI=1S/C9H20N2O3S/c1-3-9(8-12)10-4-6-11(7-5-10)15(2,13)14/h9,12H,3-8H2,1-2H3. The van der Waals surface area contributed by atoms with Crippen LogP contribution in [0.15, 0.2) is 0 Å². The second-order valence-electron chi connectivity index (χ2n) is 3.94. The van der Waals surface area contributed by atoms with E-state index in [9.17, 15) is 8.42 Å². The van der Waals surface area contributed by atoms with Gasteiger partial charge in [-0.1, -0.05) is 6.92 Å². The Kier molecular flexibility index (Phi) is 4.51. The van der Waals surface area contributed by atoms with Crippen molar-refractivity contribution < 1.29 is 13.5 Å². The Hall–Kier alpha value is -0.170. The van der Waals surface area contributed by atoms with E-state index >= 15 is 0 Å². The first-order valence-corrected chi connectivity index (χ1v) is 7.14. The Bertz CT molecular complexity index is 280. The molecule has 0 bridgehead atoms. The summed E-state index contributed by atoms with van der Waals surface area (Å²) >= 11 is 0. The van der Waals surface area contributed by atoms with E-state index in [1.165, 1.54) is 10.6 Å². The van der Waals surface area contributed by atoms with Crippen molar-refractivity contribution in [3.8, 4) is 0 Å². The van der Waals surface area contributed by atoms with Crippen molar-refractivity contribution >= 4 is 10.0 Å². The first-order valence-electron chi connectivity index (χ1n) is 5.29. The van der Waals surface area contributed by atoms with Crippen molar-refractivity contribution in [2.45, 2.75) is 19.4 Å². The molecule has 1 unspecified atom stereocenters. The second kappa shape index (κ2) is 5.25. The fraction of sp³-hybridized carbons (Fsp3) is 1.00. The van der Waals surface area contributed by atoms with E-state index in [4.69, 9.17) is 5.11 Å². The smallest absolute Gasteiger partial charge is 0.211 e. The van der Waals surface area contributed by atoms with Crippen molar-refractivity contribution in [2.75, 3.05) is 39.0 Å². The van der Waals surface area contributed by atoms with Gasteiger partial charge in [-0.15, -0.1) is 0 Å². The molecule has 1 aliphatic rings. The molecule has 1 fully saturated rings. The van der Waals surface area contributed by atoms with Gasteiger partial charge in [0.25, 0.3) is 0 Å². The molecule has 0 aromatic heterocycles. The van der Waals surface area contributed by atoms with Crippen molar-refractivity contribution in [3.63, 3.8) is 0 Å². The van der Waals surface area contributed by atoms with Gasteiger partial charge in [0, 0.05) is 32.2 Å². The second-order valence-corrected chi connectivity index (χ2v) is 5.93. The largest absolute Gasteiger partial charge is 0.395 e. The maximum Gasteiger partial charge on any atom is 0.211 e. The average Bonchev–Trinajstić information content (AvgIpc) is 2.19. The lowest BCUT2D eigenvalue weighted by Crippen LogP contribution is -2.52. The number of sulfonamides is 1. The number of hydrogen-bond acceptors (Lipinski definition) is 4. The first kappa shape index (κ1) is 12.9. The van der Waals surface area contributed by atoms with E-state index in [0.717, 1.165) is 6.42 Å². The lowest BCUT2D eigenvalue weighted by atomic mass is 10.2. The van der Waals surface area contributed by atoms with Crippen LogP contribution >= 0.6 is 0 Å². The van der Waals surface area contributed by atoms with Gasteiger partial charge in [-0.05, 0) is 6.42 Å². The third-order valence-electron chi connectivity index (χ3n) is 2.94. The molecular formula is C9H20N2O3S. The predicted octanol–water partition coefficient (Wildman–Crippen LogP) is -0.665. The summed E-state index contributed by atoms with van der Waals surface area (Å²) in [6.45, 7) is 4.68. The zero-order valence-electron chi connectivity index (χ0n) is 9.39. The maximum absolute atomic E-state index is 11.3. The number of aliphatic hydroxyl groups is 1. The summed E-state index contributed by atoms with van der Waals surface area (Å²) in [5, 5.41) is 9.13. The third-order valence-corrected chi connectivity index (χ3v) is 4.24. The molecule has 90 valence electrons. The Morgan fingerprint density at radius 3 is 2.13 bits per heavy atom. The topological polar surface area (TPSA) is 60.9 Å². The van der Waals surface area contributed by atoms with E-state index in [-0.39, 0.29) is 12.6 Å². The summed E-state index contributed by atoms with van der Waals surface area (Å²) < 4.78 is 24.0. The molecule has 0 aromatic rings. The molecule has 0 aliphatic carbocycles. The van der Waals surface area contributed by atoms with Crippen LogP contribution in [0.2, 0.25) is 0 Å². The minimum atomic E-state index is -3.04. The zero-order chi connectivity index (χ0) is 11.5. The Morgan fingerprint density at radius 2 is 1.80 bits per heavy atom. The fourth-order valence-electron chi connectivity index (χ4n) is 1.90. The van der Waals surface area contributed by atoms with Gasteiger partial charge in [0.05, 0.1) is 12.9 Å². The maximum atomic E-state index is 11.3. The van der Waals surface area contributed by atoms with Crippen molar-refractivity contribution in [1.29, 1.82) is 0 Å². The average molecular weight is 236 g/mol. The van der Waals surface area contributed by atoms with Crippen LogP contribution in [0, 0.1) is 0 Å². The number of hydrogen-bond donors (Lipinski definition) is 1. The molecule has 15 heavy (non-hydrogen) atoms. The van der Waals surface area contributed by atoms with Crippen LogP contribution in [0.5, 0.6) is 0 Å². The number of nitrogens with zero attached hydrogens (tertiary/aromatic N) is 2. The molecule has 1 heterocycles. The van der Waals surface area contributed by atoms with Gasteiger partial charge in [0.1, 0.15) is 0 Å². The summed E-state index contributed by atoms with van der Waals surface area (Å²) in [5.74, 6) is 0. The summed E-state index contributed by atoms with van der Waals surface area (Å²) in [6.07, 6.45) is 2.14. The Balaban J connectivity index is 2.49. The van der Waals surface area contributed by atoms with Gasteiger partial charge in [-0.25, -0.2) is 8.42 Å². The molecule has 1 saturated heterocycles. The summed E-state index contributed by atoms with van der Waals surface area (Å²) in [6, 6.07) is 0.173. The third kappa shape index (κ3) is 3.41. The predicted molar refractivity (Wildman–Crippen MR) is 59.2 cm³/mol. The molecular weight excluding hydrogens is 216 g/mol. The van der Waals surface area contributed by atoms with Crippen LogP contribution in [0.1, 0.15) is 13.3 Å². The Morgan fingerprint density at radius 1 is 1.27 bits per heavy atom. The highest BCUT2D eigenvalue weighted by Gasteiger charge is 2.26. The van der Waals surface area contributed by atoms with Crippen LogP contribution in [-0.2, 0) is 10.0 Å². The summed E-state index contributed by atoms with van der Waals surface area (Å²) in [7, 11) is -3.04. The van der Waals surface area contributed by atoms with E-state index in [2.05, 4.69) is 4.90 Å². The molecule has 1 rings (SSSR count). The number of aliphatic hydroxyl groups excluding tert-OH is 1. The molecule has 1 atom stereocenters. The quantitative estimate of drug-likeness (QED) is 0.703. The van der Waals surface area contributed by atoms with Gasteiger partial charge in [-0.3, -0.25) is 4.90 Å². The number of rotatable bonds is 4. The van der Waals surface area contributed by atoms with E-state index < -0.39 is 10.0 Å². The highest BCUT2D eigenvalue weighted by atomic mass is 32.2. The molecule has 0 aromatic carbocycles. The van der Waals surface area contributed by atoms with E-state index in [0.29, 0.717) is 26.2 Å². The van der Waals surface area contributed by atoms with Crippen molar-refractivity contribution in [3.05, 3.63) is 0 Å². The molecule has 1 N–H and O–H groups in total. The SMILES string of the molecule is CCC(CO)N1CCN(S(C)(=O)=O)CC1. The monoisotopic (exact) mass is 236 g/mol. The normalized spacial score (nSPS) is 22.9. The molecule has 5 nitrogen and oxygen atoms in total. The highest BCUT2D eigenvalue weighted by molar-refractivity contribution is 7.88. The van der Waals surface area contributed by atoms with Gasteiger partial charge in [0.2, 0.25) is 10.0 Å². The van der Waals surface area contributed by atoms with Crippen LogP contribution in [0.25, 0.3) is 0 Å². The van der Waals surface area contributed by atoms with E-state index in [1.54, 1.807) is 0 Å². The van der Waals surface area contributed by atoms with Crippen LogP contribution in [-0.4, -0.2) is 67.8 Å². The molecule has 0 saturated carbocycles. The lowest BCUT2D eigenvalue weighted by molar-refractivity contribution is 0.0883. The van der Waals surface area contributed by atoms with Gasteiger partial charge in [0.15, 0.2) is 0 Å². The molecule has 1 aliphatic heterocycles. The van der Waals surface area contributed by atoms with E-state index in [1.807, 2.05) is 6.92 Å². The van der Waals surface area contributed by atoms with Crippen LogP contribution in [0.3, 0.4) is 0 Å². The molecule has 0 radical (unpaired) electrons. The van der Waals surface area contributed by atoms with Gasteiger partial charge < -0.3 is 5.11 Å². The zero-order valence-corrected chi connectivity index (χ0v) is 10.2. The van der Waals surface area contributed by atoms with Crippen LogP contribution < -0.4 is 0 Å². The molecule has 6 heteroatoms. The minimum Gasteiger partial charge on any atom is -0.395 e. The number of piperazine rings is 1.